The second-order valence-corrected chi connectivity index (χ2v) is 6.43. The molecular formula is C18H26N2O4. The molecular weight excluding hydrogens is 308 g/mol. The molecule has 0 bridgehead atoms. The number of benzene rings is 1. The summed E-state index contributed by atoms with van der Waals surface area (Å²) in [5.74, 6) is 2.13. The number of hydrogen-bond acceptors (Lipinski definition) is 4. The first kappa shape index (κ1) is 16.9. The highest BCUT2D eigenvalue weighted by Crippen LogP contribution is 2.35. The molecule has 2 aliphatic rings. The van der Waals surface area contributed by atoms with Crippen LogP contribution in [0.4, 0.5) is 4.79 Å². The number of hydrogen-bond donors (Lipinski definition) is 2. The van der Waals surface area contributed by atoms with Gasteiger partial charge in [0.2, 0.25) is 0 Å². The molecule has 1 saturated heterocycles. The standard InChI is InChI=1S/C18H26N2O4/c1-3-23-16-7-14-6-12(2)24-17(14)8-15(16)10-20-18(21)19-9-13-4-5-22-11-13/h7-8,12-13H,3-6,9-11H2,1-2H3,(H2,19,20,21)/t12-,13+/m1/s1. The van der Waals surface area contributed by atoms with E-state index in [1.807, 2.05) is 19.1 Å². The quantitative estimate of drug-likeness (QED) is 0.837. The summed E-state index contributed by atoms with van der Waals surface area (Å²) in [5.41, 5.74) is 2.10. The van der Waals surface area contributed by atoms with Crippen molar-refractivity contribution in [1.29, 1.82) is 0 Å². The van der Waals surface area contributed by atoms with Gasteiger partial charge in [-0.15, -0.1) is 0 Å². The van der Waals surface area contributed by atoms with Gasteiger partial charge in [0.05, 0.1) is 13.2 Å². The highest BCUT2D eigenvalue weighted by molar-refractivity contribution is 5.74. The second-order valence-electron chi connectivity index (χ2n) is 6.43. The number of fused-ring (bicyclic) bond motifs is 1. The van der Waals surface area contributed by atoms with Gasteiger partial charge in [0.25, 0.3) is 0 Å². The van der Waals surface area contributed by atoms with Crippen molar-refractivity contribution in [1.82, 2.24) is 10.6 Å². The highest BCUT2D eigenvalue weighted by atomic mass is 16.5. The predicted molar refractivity (Wildman–Crippen MR) is 90.6 cm³/mol. The fourth-order valence-electron chi connectivity index (χ4n) is 3.13. The van der Waals surface area contributed by atoms with E-state index in [2.05, 4.69) is 17.6 Å². The maximum absolute atomic E-state index is 12.0. The Balaban J connectivity index is 1.57. The lowest BCUT2D eigenvalue weighted by atomic mass is 10.1. The minimum atomic E-state index is -0.167. The Labute approximate surface area is 142 Å². The molecule has 0 spiro atoms. The zero-order chi connectivity index (χ0) is 16.9. The molecule has 3 rings (SSSR count). The number of ether oxygens (including phenoxy) is 3. The number of urea groups is 1. The maximum Gasteiger partial charge on any atom is 0.315 e. The van der Waals surface area contributed by atoms with Gasteiger partial charge in [-0.2, -0.15) is 0 Å². The highest BCUT2D eigenvalue weighted by Gasteiger charge is 2.22. The summed E-state index contributed by atoms with van der Waals surface area (Å²) in [5, 5.41) is 5.80. The van der Waals surface area contributed by atoms with Gasteiger partial charge in [0, 0.05) is 43.2 Å². The largest absolute Gasteiger partial charge is 0.494 e. The van der Waals surface area contributed by atoms with Gasteiger partial charge < -0.3 is 24.8 Å². The Bertz CT molecular complexity index is 585. The van der Waals surface area contributed by atoms with E-state index in [0.717, 1.165) is 43.1 Å². The third-order valence-electron chi connectivity index (χ3n) is 4.39. The monoisotopic (exact) mass is 334 g/mol. The van der Waals surface area contributed by atoms with Gasteiger partial charge in [-0.1, -0.05) is 0 Å². The minimum Gasteiger partial charge on any atom is -0.494 e. The molecule has 6 heteroatoms. The first-order valence-electron chi connectivity index (χ1n) is 8.70. The zero-order valence-corrected chi connectivity index (χ0v) is 14.4. The molecule has 2 aliphatic heterocycles. The Kier molecular flexibility index (Phi) is 5.45. The SMILES string of the molecule is CCOc1cc2c(cc1CNC(=O)NC[C@@H]1CCOC1)O[C@H](C)C2. The van der Waals surface area contributed by atoms with Crippen LogP contribution in [0.1, 0.15) is 31.4 Å². The summed E-state index contributed by atoms with van der Waals surface area (Å²) in [6.07, 6.45) is 2.09. The van der Waals surface area contributed by atoms with Crippen LogP contribution in [-0.4, -0.2) is 38.5 Å². The van der Waals surface area contributed by atoms with Crippen molar-refractivity contribution in [3.8, 4) is 11.5 Å². The van der Waals surface area contributed by atoms with Crippen molar-refractivity contribution in [3.63, 3.8) is 0 Å². The topological polar surface area (TPSA) is 68.8 Å². The lowest BCUT2D eigenvalue weighted by Crippen LogP contribution is -2.38. The fraction of sp³-hybridized carbons (Fsp3) is 0.611. The number of amides is 2. The Hall–Kier alpha value is -1.95. The summed E-state index contributed by atoms with van der Waals surface area (Å²) in [4.78, 5) is 12.0. The average molecular weight is 334 g/mol. The molecule has 2 atom stereocenters. The smallest absolute Gasteiger partial charge is 0.315 e. The van der Waals surface area contributed by atoms with Gasteiger partial charge in [0.15, 0.2) is 0 Å². The van der Waals surface area contributed by atoms with Crippen LogP contribution < -0.4 is 20.1 Å². The fourth-order valence-corrected chi connectivity index (χ4v) is 3.13. The molecule has 2 amide bonds. The molecule has 0 saturated carbocycles. The molecule has 0 unspecified atom stereocenters. The molecule has 132 valence electrons. The molecule has 2 N–H and O–H groups in total. The van der Waals surface area contributed by atoms with Gasteiger partial charge >= 0.3 is 6.03 Å². The van der Waals surface area contributed by atoms with Crippen molar-refractivity contribution < 1.29 is 19.0 Å². The summed E-state index contributed by atoms with van der Waals surface area (Å²) in [6, 6.07) is 3.85. The van der Waals surface area contributed by atoms with Crippen LogP contribution in [0.15, 0.2) is 12.1 Å². The van der Waals surface area contributed by atoms with E-state index in [1.165, 1.54) is 5.56 Å². The predicted octanol–water partition coefficient (Wildman–Crippen LogP) is 2.24. The summed E-state index contributed by atoms with van der Waals surface area (Å²) < 4.78 is 16.8. The first-order valence-corrected chi connectivity index (χ1v) is 8.70. The Morgan fingerprint density at radius 1 is 1.38 bits per heavy atom. The van der Waals surface area contributed by atoms with Crippen molar-refractivity contribution in [2.45, 2.75) is 39.3 Å². The van der Waals surface area contributed by atoms with Gasteiger partial charge in [-0.3, -0.25) is 0 Å². The molecule has 1 aromatic carbocycles. The molecule has 0 aromatic heterocycles. The summed E-state index contributed by atoms with van der Waals surface area (Å²) in [6.45, 7) is 7.19. The molecule has 0 aliphatic carbocycles. The van der Waals surface area contributed by atoms with E-state index in [-0.39, 0.29) is 12.1 Å². The Morgan fingerprint density at radius 3 is 3.00 bits per heavy atom. The van der Waals surface area contributed by atoms with Crippen LogP contribution in [0.5, 0.6) is 11.5 Å². The van der Waals surface area contributed by atoms with Crippen LogP contribution in [0.25, 0.3) is 0 Å². The van der Waals surface area contributed by atoms with Crippen molar-refractivity contribution in [3.05, 3.63) is 23.3 Å². The van der Waals surface area contributed by atoms with Crippen LogP contribution in [-0.2, 0) is 17.7 Å². The number of rotatable bonds is 6. The van der Waals surface area contributed by atoms with E-state index >= 15 is 0 Å². The lowest BCUT2D eigenvalue weighted by Gasteiger charge is -2.14. The molecule has 1 fully saturated rings. The van der Waals surface area contributed by atoms with Gasteiger partial charge in [-0.25, -0.2) is 4.79 Å². The molecule has 1 aromatic rings. The van der Waals surface area contributed by atoms with Gasteiger partial charge in [0.1, 0.15) is 17.6 Å². The van der Waals surface area contributed by atoms with E-state index < -0.39 is 0 Å². The Morgan fingerprint density at radius 2 is 2.25 bits per heavy atom. The van der Waals surface area contributed by atoms with Crippen LogP contribution in [0.2, 0.25) is 0 Å². The van der Waals surface area contributed by atoms with E-state index in [9.17, 15) is 4.79 Å². The zero-order valence-electron chi connectivity index (χ0n) is 14.4. The third kappa shape index (κ3) is 4.12. The minimum absolute atomic E-state index is 0.167. The maximum atomic E-state index is 12.0. The number of nitrogens with one attached hydrogen (secondary N) is 2. The molecule has 2 heterocycles. The van der Waals surface area contributed by atoms with Crippen molar-refractivity contribution in [2.24, 2.45) is 5.92 Å². The lowest BCUT2D eigenvalue weighted by molar-refractivity contribution is 0.185. The number of carbonyl (C=O) groups excluding carboxylic acids is 1. The van der Waals surface area contributed by atoms with Crippen molar-refractivity contribution >= 4 is 6.03 Å². The first-order chi connectivity index (χ1) is 11.7. The normalized spacial score (nSPS) is 21.9. The molecule has 24 heavy (non-hydrogen) atoms. The van der Waals surface area contributed by atoms with E-state index in [4.69, 9.17) is 14.2 Å². The van der Waals surface area contributed by atoms with Crippen LogP contribution in [0, 0.1) is 5.92 Å². The van der Waals surface area contributed by atoms with Gasteiger partial charge in [-0.05, 0) is 32.4 Å². The third-order valence-corrected chi connectivity index (χ3v) is 4.39. The molecule has 0 radical (unpaired) electrons. The molecule has 6 nitrogen and oxygen atoms in total. The average Bonchev–Trinajstić information content (AvgIpc) is 3.19. The van der Waals surface area contributed by atoms with E-state index in [1.54, 1.807) is 0 Å². The van der Waals surface area contributed by atoms with Crippen LogP contribution in [0.3, 0.4) is 0 Å². The van der Waals surface area contributed by atoms with E-state index in [0.29, 0.717) is 25.6 Å². The summed E-state index contributed by atoms with van der Waals surface area (Å²) in [7, 11) is 0. The van der Waals surface area contributed by atoms with Crippen LogP contribution >= 0.6 is 0 Å². The van der Waals surface area contributed by atoms with Crippen molar-refractivity contribution in [2.75, 3.05) is 26.4 Å². The number of carbonyl (C=O) groups is 1. The summed E-state index contributed by atoms with van der Waals surface area (Å²) >= 11 is 0. The second kappa shape index (κ2) is 7.75.